The van der Waals surface area contributed by atoms with Crippen molar-refractivity contribution >= 4 is 6.03 Å². The van der Waals surface area contributed by atoms with E-state index in [9.17, 15) is 4.79 Å². The number of carbonyl (C=O) groups excluding carboxylic acids is 1. The molecule has 0 saturated heterocycles. The van der Waals surface area contributed by atoms with Crippen LogP contribution in [0.2, 0.25) is 0 Å². The van der Waals surface area contributed by atoms with Crippen LogP contribution in [-0.4, -0.2) is 25.7 Å². The maximum atomic E-state index is 11.1. The lowest BCUT2D eigenvalue weighted by molar-refractivity contribution is 0.239. The van der Waals surface area contributed by atoms with Crippen molar-refractivity contribution in [2.45, 2.75) is 12.5 Å². The molecule has 0 spiro atoms. The van der Waals surface area contributed by atoms with Gasteiger partial charge >= 0.3 is 6.03 Å². The van der Waals surface area contributed by atoms with E-state index in [4.69, 9.17) is 5.73 Å². The van der Waals surface area contributed by atoms with Gasteiger partial charge in [0.05, 0.1) is 0 Å². The highest BCUT2D eigenvalue weighted by Crippen LogP contribution is 2.02. The number of amides is 2. The molecule has 0 aromatic heterocycles. The number of rotatable bonds is 4. The average Bonchev–Trinajstić information content (AvgIpc) is 2.29. The maximum absolute atomic E-state index is 11.1. The minimum atomic E-state index is -0.193. The van der Waals surface area contributed by atoms with Gasteiger partial charge < -0.3 is 16.4 Å². The molecule has 0 bridgehead atoms. The molecule has 4 heteroatoms. The second-order valence-corrected chi connectivity index (χ2v) is 3.35. The molecule has 0 radical (unpaired) electrons. The summed E-state index contributed by atoms with van der Waals surface area (Å²) in [6.45, 7) is 0.433. The molecular formula is C11H17N3O. The summed E-state index contributed by atoms with van der Waals surface area (Å²) < 4.78 is 0. The Bertz CT molecular complexity index is 300. The van der Waals surface area contributed by atoms with Crippen LogP contribution in [0.1, 0.15) is 5.56 Å². The van der Waals surface area contributed by atoms with Gasteiger partial charge in [-0.15, -0.1) is 0 Å². The van der Waals surface area contributed by atoms with Crippen LogP contribution in [0.15, 0.2) is 30.3 Å². The molecule has 0 aliphatic carbocycles. The van der Waals surface area contributed by atoms with E-state index in [1.54, 1.807) is 7.05 Å². The summed E-state index contributed by atoms with van der Waals surface area (Å²) in [5, 5.41) is 5.30. The van der Waals surface area contributed by atoms with Gasteiger partial charge in [-0.1, -0.05) is 30.3 Å². The van der Waals surface area contributed by atoms with Crippen molar-refractivity contribution < 1.29 is 4.79 Å². The highest BCUT2D eigenvalue weighted by Gasteiger charge is 2.09. The fraction of sp³-hybridized carbons (Fsp3) is 0.364. The van der Waals surface area contributed by atoms with Crippen LogP contribution in [0, 0.1) is 0 Å². The summed E-state index contributed by atoms with van der Waals surface area (Å²) in [6.07, 6.45) is 0.755. The lowest BCUT2D eigenvalue weighted by Crippen LogP contribution is -2.45. The minimum absolute atomic E-state index is 0.0210. The summed E-state index contributed by atoms with van der Waals surface area (Å²) in [6, 6.07) is 9.75. The number of nitrogens with two attached hydrogens (primary N) is 1. The van der Waals surface area contributed by atoms with Crippen molar-refractivity contribution in [3.63, 3.8) is 0 Å². The van der Waals surface area contributed by atoms with Gasteiger partial charge in [-0.3, -0.25) is 0 Å². The summed E-state index contributed by atoms with van der Waals surface area (Å²) >= 11 is 0. The molecule has 0 aliphatic rings. The van der Waals surface area contributed by atoms with Crippen LogP contribution in [0.4, 0.5) is 4.79 Å². The Balaban J connectivity index is 2.50. The van der Waals surface area contributed by atoms with Crippen molar-refractivity contribution in [2.24, 2.45) is 5.73 Å². The zero-order valence-corrected chi connectivity index (χ0v) is 8.86. The smallest absolute Gasteiger partial charge is 0.314 e. The van der Waals surface area contributed by atoms with Gasteiger partial charge in [0.15, 0.2) is 0 Å². The third-order valence-corrected chi connectivity index (χ3v) is 2.17. The van der Waals surface area contributed by atoms with Crippen LogP contribution in [0.5, 0.6) is 0 Å². The van der Waals surface area contributed by atoms with Gasteiger partial charge in [-0.05, 0) is 12.0 Å². The molecule has 4 N–H and O–H groups in total. The Morgan fingerprint density at radius 3 is 2.60 bits per heavy atom. The van der Waals surface area contributed by atoms with Crippen LogP contribution in [0.3, 0.4) is 0 Å². The zero-order valence-electron chi connectivity index (χ0n) is 8.86. The first-order valence-corrected chi connectivity index (χ1v) is 4.98. The fourth-order valence-electron chi connectivity index (χ4n) is 1.35. The van der Waals surface area contributed by atoms with Gasteiger partial charge in [0.1, 0.15) is 0 Å². The first-order chi connectivity index (χ1) is 7.26. The molecule has 0 aliphatic heterocycles. The molecule has 4 nitrogen and oxygen atoms in total. The Hall–Kier alpha value is -1.55. The van der Waals surface area contributed by atoms with E-state index in [-0.39, 0.29) is 12.1 Å². The second-order valence-electron chi connectivity index (χ2n) is 3.35. The predicted octanol–water partition coefficient (Wildman–Crippen LogP) is 0.485. The Labute approximate surface area is 89.9 Å². The summed E-state index contributed by atoms with van der Waals surface area (Å²) in [7, 11) is 1.59. The lowest BCUT2D eigenvalue weighted by Gasteiger charge is -2.16. The van der Waals surface area contributed by atoms with E-state index < -0.39 is 0 Å². The number of nitrogens with one attached hydrogen (secondary N) is 2. The van der Waals surface area contributed by atoms with Gasteiger partial charge in [-0.2, -0.15) is 0 Å². The summed E-state index contributed by atoms with van der Waals surface area (Å²) in [5.41, 5.74) is 6.75. The molecule has 1 rings (SSSR count). The summed E-state index contributed by atoms with van der Waals surface area (Å²) in [5.74, 6) is 0. The Morgan fingerprint density at radius 1 is 1.40 bits per heavy atom. The molecular weight excluding hydrogens is 190 g/mol. The van der Waals surface area contributed by atoms with E-state index in [0.29, 0.717) is 6.54 Å². The molecule has 1 aromatic rings. The highest BCUT2D eigenvalue weighted by atomic mass is 16.2. The quantitative estimate of drug-likeness (QED) is 0.672. The summed E-state index contributed by atoms with van der Waals surface area (Å²) in [4.78, 5) is 11.1. The van der Waals surface area contributed by atoms with E-state index in [1.165, 1.54) is 5.56 Å². The van der Waals surface area contributed by atoms with Crippen LogP contribution >= 0.6 is 0 Å². The van der Waals surface area contributed by atoms with Crippen LogP contribution in [-0.2, 0) is 6.42 Å². The van der Waals surface area contributed by atoms with Crippen molar-refractivity contribution in [1.82, 2.24) is 10.6 Å². The van der Waals surface area contributed by atoms with Crippen molar-refractivity contribution in [2.75, 3.05) is 13.6 Å². The largest absolute Gasteiger partial charge is 0.341 e. The SMILES string of the molecule is CNC(=O)NC(CN)Cc1ccccc1. The zero-order chi connectivity index (χ0) is 11.1. The Kier molecular flexibility index (Phi) is 4.63. The molecule has 82 valence electrons. The average molecular weight is 207 g/mol. The molecule has 2 amide bonds. The topological polar surface area (TPSA) is 67.2 Å². The second kappa shape index (κ2) is 6.03. The molecule has 0 heterocycles. The molecule has 0 saturated carbocycles. The standard InChI is InChI=1S/C11H17N3O/c1-13-11(15)14-10(8-12)7-9-5-3-2-4-6-9/h2-6,10H,7-8,12H2,1H3,(H2,13,14,15). The minimum Gasteiger partial charge on any atom is -0.341 e. The van der Waals surface area contributed by atoms with Gasteiger partial charge in [0.25, 0.3) is 0 Å². The molecule has 1 unspecified atom stereocenters. The predicted molar refractivity (Wildman–Crippen MR) is 60.6 cm³/mol. The van der Waals surface area contributed by atoms with Gasteiger partial charge in [0.2, 0.25) is 0 Å². The van der Waals surface area contributed by atoms with E-state index in [0.717, 1.165) is 6.42 Å². The number of hydrogen-bond donors (Lipinski definition) is 3. The van der Waals surface area contributed by atoms with E-state index in [1.807, 2.05) is 30.3 Å². The first-order valence-electron chi connectivity index (χ1n) is 4.98. The van der Waals surface area contributed by atoms with Gasteiger partial charge in [-0.25, -0.2) is 4.79 Å². The molecule has 1 aromatic carbocycles. The van der Waals surface area contributed by atoms with Gasteiger partial charge in [0, 0.05) is 19.6 Å². The van der Waals surface area contributed by atoms with Crippen LogP contribution in [0.25, 0.3) is 0 Å². The number of urea groups is 1. The number of benzene rings is 1. The number of carbonyl (C=O) groups is 1. The third-order valence-electron chi connectivity index (χ3n) is 2.17. The monoisotopic (exact) mass is 207 g/mol. The first kappa shape index (κ1) is 11.5. The normalized spacial score (nSPS) is 11.9. The molecule has 15 heavy (non-hydrogen) atoms. The molecule has 1 atom stereocenters. The van der Waals surface area contributed by atoms with Crippen molar-refractivity contribution in [1.29, 1.82) is 0 Å². The van der Waals surface area contributed by atoms with Crippen molar-refractivity contribution in [3.8, 4) is 0 Å². The maximum Gasteiger partial charge on any atom is 0.314 e. The lowest BCUT2D eigenvalue weighted by atomic mass is 10.1. The van der Waals surface area contributed by atoms with Crippen molar-refractivity contribution in [3.05, 3.63) is 35.9 Å². The number of hydrogen-bond acceptors (Lipinski definition) is 2. The third kappa shape index (κ3) is 3.99. The molecule has 0 fully saturated rings. The van der Waals surface area contributed by atoms with E-state index >= 15 is 0 Å². The Morgan fingerprint density at radius 2 is 2.07 bits per heavy atom. The fourth-order valence-corrected chi connectivity index (χ4v) is 1.35. The highest BCUT2D eigenvalue weighted by molar-refractivity contribution is 5.73. The van der Waals surface area contributed by atoms with E-state index in [2.05, 4.69) is 10.6 Å². The van der Waals surface area contributed by atoms with Crippen LogP contribution < -0.4 is 16.4 Å².